The molecule has 0 amide bonds. The molecule has 1 aliphatic heterocycles. The molecule has 0 unspecified atom stereocenters. The van der Waals surface area contributed by atoms with Crippen LogP contribution in [0.3, 0.4) is 0 Å². The largest absolute Gasteiger partial charge is 0.494 e. The SMILES string of the molecule is COc1c2c(c(OC)c(OC)c1OC)CC(CCCCOc1ccc(CN3CCOCC3)cc1)C2.Cl. The Labute approximate surface area is 221 Å². The smallest absolute Gasteiger partial charge is 0.207 e. The average molecular weight is 522 g/mol. The van der Waals surface area contributed by atoms with Crippen LogP contribution in [-0.4, -0.2) is 66.2 Å². The minimum atomic E-state index is 0. The van der Waals surface area contributed by atoms with E-state index in [1.807, 2.05) is 0 Å². The van der Waals surface area contributed by atoms with Crippen LogP contribution < -0.4 is 23.7 Å². The third kappa shape index (κ3) is 6.50. The first kappa shape index (κ1) is 28.2. The first-order valence-corrected chi connectivity index (χ1v) is 12.6. The lowest BCUT2D eigenvalue weighted by atomic mass is 9.99. The molecular weight excluding hydrogens is 482 g/mol. The van der Waals surface area contributed by atoms with Gasteiger partial charge < -0.3 is 28.4 Å². The van der Waals surface area contributed by atoms with Crippen molar-refractivity contribution in [1.29, 1.82) is 0 Å². The Morgan fingerprint density at radius 3 is 1.86 bits per heavy atom. The summed E-state index contributed by atoms with van der Waals surface area (Å²) in [5, 5.41) is 0. The maximum absolute atomic E-state index is 6.00. The fourth-order valence-corrected chi connectivity index (χ4v) is 5.28. The number of morpholine rings is 1. The predicted octanol–water partition coefficient (Wildman–Crippen LogP) is 4.94. The highest BCUT2D eigenvalue weighted by Crippen LogP contribution is 2.53. The standard InChI is InChI=1S/C28H39NO6.ClH/c1-30-25-23-17-21(18-24(23)26(31-2)28(33-4)27(25)32-3)7-5-6-14-35-22-10-8-20(9-11-22)19-29-12-15-34-16-13-29;/h8-11,21H,5-7,12-19H2,1-4H3;1H. The van der Waals surface area contributed by atoms with E-state index in [0.29, 0.717) is 17.4 Å². The van der Waals surface area contributed by atoms with Gasteiger partial charge >= 0.3 is 0 Å². The summed E-state index contributed by atoms with van der Waals surface area (Å²) in [4.78, 5) is 2.43. The van der Waals surface area contributed by atoms with Crippen molar-refractivity contribution in [2.45, 2.75) is 38.6 Å². The molecule has 0 aromatic heterocycles. The van der Waals surface area contributed by atoms with Gasteiger partial charge in [-0.3, -0.25) is 4.90 Å². The lowest BCUT2D eigenvalue weighted by molar-refractivity contribution is 0.0342. The van der Waals surface area contributed by atoms with Gasteiger partial charge in [-0.2, -0.15) is 0 Å². The molecule has 2 aromatic carbocycles. The minimum absolute atomic E-state index is 0. The molecule has 1 saturated heterocycles. The van der Waals surface area contributed by atoms with Crippen LogP contribution in [0.15, 0.2) is 24.3 Å². The number of benzene rings is 2. The molecule has 2 aromatic rings. The third-order valence-electron chi connectivity index (χ3n) is 7.04. The van der Waals surface area contributed by atoms with Crippen LogP contribution >= 0.6 is 12.4 Å². The van der Waals surface area contributed by atoms with E-state index in [9.17, 15) is 0 Å². The number of ether oxygens (including phenoxy) is 6. The van der Waals surface area contributed by atoms with Gasteiger partial charge in [-0.05, 0) is 55.7 Å². The lowest BCUT2D eigenvalue weighted by Gasteiger charge is -2.26. The van der Waals surface area contributed by atoms with Crippen molar-refractivity contribution in [2.75, 3.05) is 61.3 Å². The van der Waals surface area contributed by atoms with E-state index in [4.69, 9.17) is 28.4 Å². The molecule has 0 radical (unpaired) electrons. The normalized spacial score (nSPS) is 15.7. The zero-order valence-electron chi connectivity index (χ0n) is 22.0. The van der Waals surface area contributed by atoms with Gasteiger partial charge in [0.05, 0.1) is 48.3 Å². The maximum atomic E-state index is 6.00. The number of unbranched alkanes of at least 4 members (excludes halogenated alkanes) is 1. The van der Waals surface area contributed by atoms with E-state index in [-0.39, 0.29) is 12.4 Å². The molecule has 7 nitrogen and oxygen atoms in total. The number of hydrogen-bond donors (Lipinski definition) is 0. The second-order valence-corrected chi connectivity index (χ2v) is 9.24. The van der Waals surface area contributed by atoms with Crippen LogP contribution in [0.4, 0.5) is 0 Å². The zero-order chi connectivity index (χ0) is 24.6. The van der Waals surface area contributed by atoms with Crippen LogP contribution in [0.5, 0.6) is 28.7 Å². The number of fused-ring (bicyclic) bond motifs is 1. The van der Waals surface area contributed by atoms with Crippen molar-refractivity contribution in [3.63, 3.8) is 0 Å². The number of methoxy groups -OCH3 is 4. The fraction of sp³-hybridized carbons (Fsp3) is 0.571. The van der Waals surface area contributed by atoms with Crippen LogP contribution in [0.1, 0.15) is 36.0 Å². The van der Waals surface area contributed by atoms with E-state index in [2.05, 4.69) is 29.2 Å². The number of nitrogens with zero attached hydrogens (tertiary/aromatic N) is 1. The summed E-state index contributed by atoms with van der Waals surface area (Å²) in [5.74, 6) is 4.24. The molecule has 36 heavy (non-hydrogen) atoms. The number of halogens is 1. The van der Waals surface area contributed by atoms with Gasteiger partial charge in [0.25, 0.3) is 0 Å². The second kappa shape index (κ2) is 13.8. The van der Waals surface area contributed by atoms with Crippen LogP contribution in [0.25, 0.3) is 0 Å². The first-order valence-electron chi connectivity index (χ1n) is 12.6. The maximum Gasteiger partial charge on any atom is 0.207 e. The topological polar surface area (TPSA) is 58.6 Å². The molecule has 4 rings (SSSR count). The highest BCUT2D eigenvalue weighted by molar-refractivity contribution is 5.85. The molecule has 0 bridgehead atoms. The molecule has 1 heterocycles. The molecule has 200 valence electrons. The van der Waals surface area contributed by atoms with Gasteiger partial charge in [-0.1, -0.05) is 12.1 Å². The lowest BCUT2D eigenvalue weighted by Crippen LogP contribution is -2.35. The highest BCUT2D eigenvalue weighted by atomic mass is 35.5. The van der Waals surface area contributed by atoms with Crippen molar-refractivity contribution < 1.29 is 28.4 Å². The van der Waals surface area contributed by atoms with Crippen molar-refractivity contribution in [3.05, 3.63) is 41.0 Å². The van der Waals surface area contributed by atoms with Crippen molar-refractivity contribution in [1.82, 2.24) is 4.90 Å². The second-order valence-electron chi connectivity index (χ2n) is 9.24. The Kier molecular flexibility index (Phi) is 10.8. The molecular formula is C28H40ClNO6. The summed E-state index contributed by atoms with van der Waals surface area (Å²) in [6.07, 6.45) is 5.20. The summed E-state index contributed by atoms with van der Waals surface area (Å²) in [7, 11) is 6.64. The monoisotopic (exact) mass is 521 g/mol. The summed E-state index contributed by atoms with van der Waals surface area (Å²) in [5.41, 5.74) is 3.68. The third-order valence-corrected chi connectivity index (χ3v) is 7.04. The van der Waals surface area contributed by atoms with Gasteiger partial charge in [0.15, 0.2) is 11.5 Å². The van der Waals surface area contributed by atoms with Crippen molar-refractivity contribution in [3.8, 4) is 28.7 Å². The van der Waals surface area contributed by atoms with E-state index >= 15 is 0 Å². The summed E-state index contributed by atoms with van der Waals surface area (Å²) in [6.45, 7) is 5.38. The quantitative estimate of drug-likeness (QED) is 0.367. The van der Waals surface area contributed by atoms with Gasteiger partial charge in [-0.15, -0.1) is 12.4 Å². The average Bonchev–Trinajstić information content (AvgIpc) is 3.32. The fourth-order valence-electron chi connectivity index (χ4n) is 5.28. The van der Waals surface area contributed by atoms with Crippen LogP contribution in [0.2, 0.25) is 0 Å². The summed E-state index contributed by atoms with van der Waals surface area (Å²) < 4.78 is 34.1. The Bertz CT molecular complexity index is 921. The molecule has 1 aliphatic carbocycles. The zero-order valence-corrected chi connectivity index (χ0v) is 22.8. The van der Waals surface area contributed by atoms with E-state index in [0.717, 1.165) is 88.8 Å². The van der Waals surface area contributed by atoms with Gasteiger partial charge in [0.2, 0.25) is 11.5 Å². The minimum Gasteiger partial charge on any atom is -0.494 e. The Hall–Kier alpha value is -2.35. The van der Waals surface area contributed by atoms with Crippen LogP contribution in [-0.2, 0) is 24.1 Å². The molecule has 1 fully saturated rings. The predicted molar refractivity (Wildman–Crippen MR) is 143 cm³/mol. The molecule has 0 N–H and O–H groups in total. The summed E-state index contributed by atoms with van der Waals surface area (Å²) in [6, 6.07) is 8.51. The van der Waals surface area contributed by atoms with E-state index in [1.54, 1.807) is 28.4 Å². The number of rotatable bonds is 12. The Balaban J connectivity index is 0.00000361. The summed E-state index contributed by atoms with van der Waals surface area (Å²) >= 11 is 0. The van der Waals surface area contributed by atoms with Gasteiger partial charge in [0, 0.05) is 30.8 Å². The highest BCUT2D eigenvalue weighted by Gasteiger charge is 2.33. The molecule has 0 atom stereocenters. The van der Waals surface area contributed by atoms with Crippen LogP contribution in [0, 0.1) is 5.92 Å². The van der Waals surface area contributed by atoms with Gasteiger partial charge in [-0.25, -0.2) is 0 Å². The van der Waals surface area contributed by atoms with Crippen molar-refractivity contribution >= 4 is 12.4 Å². The van der Waals surface area contributed by atoms with Gasteiger partial charge in [0.1, 0.15) is 5.75 Å². The Morgan fingerprint density at radius 1 is 0.778 bits per heavy atom. The Morgan fingerprint density at radius 2 is 1.33 bits per heavy atom. The first-order chi connectivity index (χ1) is 17.2. The van der Waals surface area contributed by atoms with Crippen molar-refractivity contribution in [2.24, 2.45) is 5.92 Å². The van der Waals surface area contributed by atoms with E-state index in [1.165, 1.54) is 16.7 Å². The molecule has 0 saturated carbocycles. The molecule has 2 aliphatic rings. The van der Waals surface area contributed by atoms with E-state index < -0.39 is 0 Å². The number of hydrogen-bond acceptors (Lipinski definition) is 7. The molecule has 8 heteroatoms. The molecule has 0 spiro atoms.